The summed E-state index contributed by atoms with van der Waals surface area (Å²) < 4.78 is 0. The highest BCUT2D eigenvalue weighted by Gasteiger charge is 2.18. The van der Waals surface area contributed by atoms with Gasteiger partial charge in [-0.25, -0.2) is 0 Å². The van der Waals surface area contributed by atoms with Gasteiger partial charge in [0.05, 0.1) is 0 Å². The van der Waals surface area contributed by atoms with E-state index in [-0.39, 0.29) is 0 Å². The summed E-state index contributed by atoms with van der Waals surface area (Å²) in [4.78, 5) is 2.74. The normalized spacial score (nSPS) is 11.4. The lowest BCUT2D eigenvalue weighted by Gasteiger charge is -2.18. The van der Waals surface area contributed by atoms with Gasteiger partial charge in [-0.3, -0.25) is 0 Å². The van der Waals surface area contributed by atoms with Crippen LogP contribution in [0, 0.1) is 20.8 Å². The number of rotatable bonds is 2. The molecule has 0 fully saturated rings. The molecule has 1 aromatic heterocycles. The first-order valence-corrected chi connectivity index (χ1v) is 10.5. The number of hydrogen-bond donors (Lipinski definition) is 0. The molecule has 0 radical (unpaired) electrons. The molecule has 0 saturated heterocycles. The van der Waals surface area contributed by atoms with Crippen LogP contribution < -0.4 is 0 Å². The van der Waals surface area contributed by atoms with Crippen molar-refractivity contribution in [1.29, 1.82) is 0 Å². The first kappa shape index (κ1) is 17.2. The average Bonchev–Trinajstić information content (AvgIpc) is 3.05. The fraction of sp³-hybridized carbons (Fsp3) is 0.111. The predicted molar refractivity (Wildman–Crippen MR) is 124 cm³/mol. The third-order valence-corrected chi connectivity index (χ3v) is 6.61. The van der Waals surface area contributed by atoms with E-state index in [1.165, 1.54) is 59.1 Å². The maximum Gasteiger partial charge on any atom is 0.00956 e. The van der Waals surface area contributed by atoms with Crippen molar-refractivity contribution >= 4 is 32.9 Å². The van der Waals surface area contributed by atoms with Crippen molar-refractivity contribution in [3.63, 3.8) is 0 Å². The Labute approximate surface area is 170 Å². The van der Waals surface area contributed by atoms with E-state index < -0.39 is 0 Å². The van der Waals surface area contributed by atoms with Gasteiger partial charge in [-0.1, -0.05) is 72.8 Å². The number of aryl methyl sites for hydroxylation is 3. The zero-order chi connectivity index (χ0) is 19.3. The Morgan fingerprint density at radius 2 is 1.18 bits per heavy atom. The van der Waals surface area contributed by atoms with Gasteiger partial charge in [-0.05, 0) is 76.2 Å². The number of benzene rings is 4. The van der Waals surface area contributed by atoms with Gasteiger partial charge >= 0.3 is 0 Å². The summed E-state index contributed by atoms with van der Waals surface area (Å²) in [5, 5.41) is 5.23. The van der Waals surface area contributed by atoms with Crippen LogP contribution in [0.5, 0.6) is 0 Å². The molecule has 0 spiro atoms. The lowest BCUT2D eigenvalue weighted by atomic mass is 9.85. The second-order valence-corrected chi connectivity index (χ2v) is 8.98. The second-order valence-electron chi connectivity index (χ2n) is 7.51. The molecule has 4 aromatic carbocycles. The Morgan fingerprint density at radius 3 is 1.82 bits per heavy atom. The molecule has 5 aromatic rings. The van der Waals surface area contributed by atoms with Crippen molar-refractivity contribution in [1.82, 2.24) is 0 Å². The van der Waals surface area contributed by atoms with Gasteiger partial charge < -0.3 is 0 Å². The molecule has 0 nitrogen and oxygen atoms in total. The molecule has 5 rings (SSSR count). The molecule has 1 heteroatoms. The van der Waals surface area contributed by atoms with E-state index in [1.807, 2.05) is 11.3 Å². The monoisotopic (exact) mass is 378 g/mol. The van der Waals surface area contributed by atoms with Crippen LogP contribution in [0.25, 0.3) is 43.8 Å². The Bertz CT molecular complexity index is 1340. The van der Waals surface area contributed by atoms with Gasteiger partial charge in [0.2, 0.25) is 0 Å². The summed E-state index contributed by atoms with van der Waals surface area (Å²) in [6.45, 7) is 6.67. The number of hydrogen-bond acceptors (Lipinski definition) is 1. The SMILES string of the molecule is Cc1cc(-c2ccc3ccccc3c2-c2c(C)ccc3ccccc23)c(C)s1. The molecular formula is C27H22S. The standard InChI is InChI=1S/C27H22S/c1-17-12-13-20-8-4-6-10-22(20)26(17)27-23-11-7-5-9-21(23)14-15-24(27)25-16-18(2)28-19(25)3/h4-16H,1-3H3. The van der Waals surface area contributed by atoms with E-state index in [9.17, 15) is 0 Å². The molecule has 0 atom stereocenters. The minimum absolute atomic E-state index is 1.29. The Morgan fingerprint density at radius 1 is 0.571 bits per heavy atom. The molecule has 1 heterocycles. The van der Waals surface area contributed by atoms with Gasteiger partial charge in [-0.2, -0.15) is 0 Å². The maximum atomic E-state index is 2.34. The third kappa shape index (κ3) is 2.66. The molecular weight excluding hydrogens is 356 g/mol. The van der Waals surface area contributed by atoms with Crippen molar-refractivity contribution in [2.24, 2.45) is 0 Å². The molecule has 0 unspecified atom stereocenters. The van der Waals surface area contributed by atoms with Crippen LogP contribution in [0.3, 0.4) is 0 Å². The van der Waals surface area contributed by atoms with Crippen LogP contribution in [0.4, 0.5) is 0 Å². The van der Waals surface area contributed by atoms with E-state index in [2.05, 4.69) is 99.6 Å². The Hall–Kier alpha value is -2.90. The minimum Gasteiger partial charge on any atom is -0.145 e. The van der Waals surface area contributed by atoms with E-state index in [1.54, 1.807) is 0 Å². The van der Waals surface area contributed by atoms with E-state index in [0.29, 0.717) is 0 Å². The molecule has 0 bridgehead atoms. The highest BCUT2D eigenvalue weighted by Crippen LogP contribution is 2.44. The minimum atomic E-state index is 1.29. The van der Waals surface area contributed by atoms with Crippen LogP contribution in [-0.4, -0.2) is 0 Å². The smallest absolute Gasteiger partial charge is 0.00956 e. The maximum absolute atomic E-state index is 2.34. The van der Waals surface area contributed by atoms with Crippen LogP contribution in [-0.2, 0) is 0 Å². The molecule has 0 aliphatic rings. The van der Waals surface area contributed by atoms with Gasteiger partial charge in [0.25, 0.3) is 0 Å². The van der Waals surface area contributed by atoms with Crippen molar-refractivity contribution < 1.29 is 0 Å². The summed E-state index contributed by atoms with van der Waals surface area (Å²) >= 11 is 1.88. The summed E-state index contributed by atoms with van der Waals surface area (Å²) in [6, 6.07) is 28.9. The molecule has 0 aliphatic carbocycles. The van der Waals surface area contributed by atoms with Gasteiger partial charge in [0.1, 0.15) is 0 Å². The van der Waals surface area contributed by atoms with Crippen molar-refractivity contribution in [2.45, 2.75) is 20.8 Å². The Balaban J connectivity index is 1.98. The quantitative estimate of drug-likeness (QED) is 0.290. The predicted octanol–water partition coefficient (Wildman–Crippen LogP) is 8.31. The Kier molecular flexibility index (Phi) is 4.07. The first-order valence-electron chi connectivity index (χ1n) is 9.71. The molecule has 0 aliphatic heterocycles. The largest absolute Gasteiger partial charge is 0.145 e. The fourth-order valence-corrected chi connectivity index (χ4v) is 5.31. The first-order chi connectivity index (χ1) is 13.6. The number of thiophene rings is 1. The lowest BCUT2D eigenvalue weighted by molar-refractivity contribution is 1.49. The van der Waals surface area contributed by atoms with Crippen molar-refractivity contribution in [3.05, 3.63) is 94.2 Å². The average molecular weight is 379 g/mol. The van der Waals surface area contributed by atoms with Gasteiger partial charge in [0, 0.05) is 9.75 Å². The topological polar surface area (TPSA) is 0 Å². The van der Waals surface area contributed by atoms with Crippen LogP contribution in [0.1, 0.15) is 15.3 Å². The summed E-state index contributed by atoms with van der Waals surface area (Å²) in [7, 11) is 0. The van der Waals surface area contributed by atoms with E-state index >= 15 is 0 Å². The van der Waals surface area contributed by atoms with Crippen LogP contribution in [0.2, 0.25) is 0 Å². The highest BCUT2D eigenvalue weighted by molar-refractivity contribution is 7.12. The summed E-state index contributed by atoms with van der Waals surface area (Å²) in [5.41, 5.74) is 6.72. The third-order valence-electron chi connectivity index (χ3n) is 5.65. The summed E-state index contributed by atoms with van der Waals surface area (Å²) in [5.74, 6) is 0. The van der Waals surface area contributed by atoms with Crippen molar-refractivity contribution in [3.8, 4) is 22.3 Å². The van der Waals surface area contributed by atoms with Crippen LogP contribution >= 0.6 is 11.3 Å². The van der Waals surface area contributed by atoms with Gasteiger partial charge in [-0.15, -0.1) is 11.3 Å². The lowest BCUT2D eigenvalue weighted by Crippen LogP contribution is -1.92. The molecule has 0 amide bonds. The summed E-state index contributed by atoms with van der Waals surface area (Å²) in [6.07, 6.45) is 0. The molecule has 0 N–H and O–H groups in total. The fourth-order valence-electron chi connectivity index (χ4n) is 4.38. The van der Waals surface area contributed by atoms with Gasteiger partial charge in [0.15, 0.2) is 0 Å². The van der Waals surface area contributed by atoms with Crippen molar-refractivity contribution in [2.75, 3.05) is 0 Å². The zero-order valence-corrected chi connectivity index (χ0v) is 17.2. The second kappa shape index (κ2) is 6.61. The van der Waals surface area contributed by atoms with E-state index in [0.717, 1.165) is 0 Å². The molecule has 28 heavy (non-hydrogen) atoms. The molecule has 0 saturated carbocycles. The van der Waals surface area contributed by atoms with Crippen LogP contribution in [0.15, 0.2) is 78.9 Å². The van der Waals surface area contributed by atoms with E-state index in [4.69, 9.17) is 0 Å². The highest BCUT2D eigenvalue weighted by atomic mass is 32.1. The number of fused-ring (bicyclic) bond motifs is 2. The zero-order valence-electron chi connectivity index (χ0n) is 16.4. The molecule has 136 valence electrons.